The number of aromatic nitrogens is 1. The van der Waals surface area contributed by atoms with Crippen LogP contribution in [0, 0.1) is 24.7 Å². The Kier molecular flexibility index (Phi) is 14.9. The monoisotopic (exact) mass is 732 g/mol. The van der Waals surface area contributed by atoms with Crippen LogP contribution < -0.4 is 21.4 Å². The van der Waals surface area contributed by atoms with Crippen molar-refractivity contribution in [2.75, 3.05) is 20.8 Å². The molecule has 4 amide bonds. The van der Waals surface area contributed by atoms with E-state index in [1.807, 2.05) is 116 Å². The van der Waals surface area contributed by atoms with Crippen molar-refractivity contribution in [2.45, 2.75) is 92.6 Å². The summed E-state index contributed by atoms with van der Waals surface area (Å²) in [5.74, 6) is -1.03. The highest BCUT2D eigenvalue weighted by atomic mass is 16.5. The number of aliphatic hydroxyl groups excluding tert-OH is 1. The molecule has 4 atom stereocenters. The Morgan fingerprint density at radius 1 is 0.755 bits per heavy atom. The summed E-state index contributed by atoms with van der Waals surface area (Å²) in [4.78, 5) is 56.8. The number of nitrogens with one attached hydrogen (secondary N) is 4. The molecule has 13 nitrogen and oxygen atoms in total. The number of nitrogens with zero attached hydrogens (tertiary/aromatic N) is 2. The number of rotatable bonds is 14. The fourth-order valence-corrected chi connectivity index (χ4v) is 6.12. The van der Waals surface area contributed by atoms with Gasteiger partial charge in [0.15, 0.2) is 0 Å². The van der Waals surface area contributed by atoms with E-state index in [4.69, 9.17) is 9.47 Å². The maximum Gasteiger partial charge on any atom is 0.407 e. The summed E-state index contributed by atoms with van der Waals surface area (Å²) < 4.78 is 9.58. The van der Waals surface area contributed by atoms with Crippen molar-refractivity contribution in [2.24, 2.45) is 10.8 Å². The van der Waals surface area contributed by atoms with Crippen LogP contribution in [0.5, 0.6) is 0 Å². The number of pyridine rings is 1. The van der Waals surface area contributed by atoms with E-state index in [1.54, 1.807) is 11.2 Å². The number of methoxy groups -OCH3 is 2. The lowest BCUT2D eigenvalue weighted by Crippen LogP contribution is -2.60. The Bertz CT molecular complexity index is 1670. The van der Waals surface area contributed by atoms with Crippen molar-refractivity contribution in [3.8, 4) is 11.3 Å². The minimum atomic E-state index is -1.23. The zero-order valence-electron chi connectivity index (χ0n) is 32.6. The molecule has 0 spiro atoms. The molecule has 0 unspecified atom stereocenters. The standard InChI is InChI=1S/C40H56N6O7/c1-25-20-28(21-26(2)32(25)29-18-14-15-19-41-29)23-46(45-36(49)34(40(6,7)8)44-38(51)53-10)24-31(47)30(22-27-16-12-11-13-17-27)42-35(48)33(39(3,4)5)43-37(50)52-9/h11-21,30-31,33-34,47H,22-24H2,1-10H3,(H,42,48)(H,43,50)(H,44,51)(H,45,49)/t30-,31-,33+,34+/m0/s1. The number of hydrogen-bond donors (Lipinski definition) is 5. The van der Waals surface area contributed by atoms with Gasteiger partial charge in [0, 0.05) is 24.8 Å². The molecule has 3 aromatic rings. The molecule has 2 aromatic carbocycles. The van der Waals surface area contributed by atoms with E-state index in [9.17, 15) is 24.3 Å². The molecular formula is C40H56N6O7. The van der Waals surface area contributed by atoms with E-state index in [1.165, 1.54) is 14.2 Å². The van der Waals surface area contributed by atoms with Gasteiger partial charge in [0.2, 0.25) is 5.91 Å². The van der Waals surface area contributed by atoms with E-state index in [2.05, 4.69) is 26.4 Å². The average Bonchev–Trinajstić information content (AvgIpc) is 3.08. The first-order valence-electron chi connectivity index (χ1n) is 17.6. The first-order chi connectivity index (χ1) is 24.8. The molecule has 0 saturated heterocycles. The van der Waals surface area contributed by atoms with Gasteiger partial charge in [-0.15, -0.1) is 0 Å². The lowest BCUT2D eigenvalue weighted by Gasteiger charge is -2.36. The first-order valence-corrected chi connectivity index (χ1v) is 17.6. The molecule has 53 heavy (non-hydrogen) atoms. The van der Waals surface area contributed by atoms with Gasteiger partial charge in [-0.25, -0.2) is 14.6 Å². The second kappa shape index (κ2) is 18.7. The number of hydrogen-bond acceptors (Lipinski definition) is 9. The van der Waals surface area contributed by atoms with Crippen LogP contribution in [0.4, 0.5) is 9.59 Å². The first kappa shape index (κ1) is 42.4. The highest BCUT2D eigenvalue weighted by molar-refractivity contribution is 5.87. The van der Waals surface area contributed by atoms with Crippen LogP contribution in [0.1, 0.15) is 63.8 Å². The number of hydrazine groups is 1. The van der Waals surface area contributed by atoms with Gasteiger partial charge in [-0.2, -0.15) is 0 Å². The number of carbonyl (C=O) groups excluding carboxylic acids is 4. The Balaban J connectivity index is 2.02. The summed E-state index contributed by atoms with van der Waals surface area (Å²) >= 11 is 0. The molecule has 0 saturated carbocycles. The Labute approximate surface area is 313 Å². The summed E-state index contributed by atoms with van der Waals surface area (Å²) in [6, 6.07) is 16.3. The third-order valence-electron chi connectivity index (χ3n) is 8.80. The molecule has 0 aliphatic carbocycles. The van der Waals surface area contributed by atoms with Gasteiger partial charge >= 0.3 is 12.2 Å². The number of benzene rings is 2. The highest BCUT2D eigenvalue weighted by Crippen LogP contribution is 2.28. The van der Waals surface area contributed by atoms with Crippen LogP contribution in [0.2, 0.25) is 0 Å². The topological polar surface area (TPSA) is 171 Å². The van der Waals surface area contributed by atoms with Crippen molar-refractivity contribution in [3.05, 3.63) is 89.1 Å². The van der Waals surface area contributed by atoms with E-state index < -0.39 is 59.1 Å². The minimum absolute atomic E-state index is 0.122. The van der Waals surface area contributed by atoms with Gasteiger partial charge in [0.1, 0.15) is 12.1 Å². The lowest BCUT2D eigenvalue weighted by molar-refractivity contribution is -0.132. The number of carbonyl (C=O) groups is 4. The van der Waals surface area contributed by atoms with Crippen molar-refractivity contribution < 1.29 is 33.8 Å². The van der Waals surface area contributed by atoms with Gasteiger partial charge in [-0.1, -0.05) is 90.1 Å². The van der Waals surface area contributed by atoms with Gasteiger partial charge < -0.3 is 30.5 Å². The van der Waals surface area contributed by atoms with Crippen LogP contribution in [-0.4, -0.2) is 84.1 Å². The van der Waals surface area contributed by atoms with Gasteiger partial charge in [0.25, 0.3) is 5.91 Å². The largest absolute Gasteiger partial charge is 0.453 e. The Hall–Kier alpha value is -5.01. The molecule has 0 aliphatic heterocycles. The molecule has 0 bridgehead atoms. The van der Waals surface area contributed by atoms with Crippen LogP contribution in [0.15, 0.2) is 66.9 Å². The fourth-order valence-electron chi connectivity index (χ4n) is 6.12. The zero-order chi connectivity index (χ0) is 39.5. The van der Waals surface area contributed by atoms with Crippen LogP contribution in [0.3, 0.4) is 0 Å². The molecule has 288 valence electrons. The van der Waals surface area contributed by atoms with Gasteiger partial charge in [-0.3, -0.25) is 20.0 Å². The van der Waals surface area contributed by atoms with Crippen molar-refractivity contribution in [3.63, 3.8) is 0 Å². The summed E-state index contributed by atoms with van der Waals surface area (Å²) in [5, 5.41) is 21.8. The van der Waals surface area contributed by atoms with Crippen molar-refractivity contribution >= 4 is 24.0 Å². The summed E-state index contributed by atoms with van der Waals surface area (Å²) in [5.41, 5.74) is 7.02. The number of aliphatic hydroxyl groups is 1. The summed E-state index contributed by atoms with van der Waals surface area (Å²) in [7, 11) is 2.44. The Morgan fingerprint density at radius 2 is 1.28 bits per heavy atom. The smallest absolute Gasteiger partial charge is 0.407 e. The number of ether oxygens (including phenoxy) is 2. The quantitative estimate of drug-likeness (QED) is 0.146. The summed E-state index contributed by atoms with van der Waals surface area (Å²) in [6.45, 7) is 14.9. The third kappa shape index (κ3) is 12.6. The van der Waals surface area contributed by atoms with Crippen LogP contribution >= 0.6 is 0 Å². The normalized spacial score (nSPS) is 14.0. The molecule has 1 heterocycles. The predicted molar refractivity (Wildman–Crippen MR) is 203 cm³/mol. The SMILES string of the molecule is COC(=O)N[C@H](C(=O)N[C@@H](Cc1ccccc1)[C@@H](O)CN(Cc1cc(C)c(-c2ccccn2)c(C)c1)NC(=O)[C@@H](NC(=O)OC)C(C)(C)C)C(C)(C)C. The minimum Gasteiger partial charge on any atom is -0.453 e. The van der Waals surface area contributed by atoms with Crippen molar-refractivity contribution in [1.82, 2.24) is 31.4 Å². The second-order valence-corrected chi connectivity index (χ2v) is 15.4. The third-order valence-corrected chi connectivity index (χ3v) is 8.80. The van der Waals surface area contributed by atoms with E-state index in [0.29, 0.717) is 0 Å². The number of amides is 4. The molecular weight excluding hydrogens is 676 g/mol. The van der Waals surface area contributed by atoms with E-state index in [-0.39, 0.29) is 19.5 Å². The molecule has 0 aliphatic rings. The Morgan fingerprint density at radius 3 is 1.77 bits per heavy atom. The van der Waals surface area contributed by atoms with Gasteiger partial charge in [0.05, 0.1) is 32.1 Å². The van der Waals surface area contributed by atoms with Crippen LogP contribution in [0.25, 0.3) is 11.3 Å². The maximum atomic E-state index is 13.9. The number of aryl methyl sites for hydroxylation is 2. The van der Waals surface area contributed by atoms with Crippen LogP contribution in [-0.2, 0) is 32.0 Å². The molecule has 0 fully saturated rings. The molecule has 13 heteroatoms. The second-order valence-electron chi connectivity index (χ2n) is 15.4. The molecule has 3 rings (SSSR count). The fraction of sp³-hybridized carbons (Fsp3) is 0.475. The highest BCUT2D eigenvalue weighted by Gasteiger charge is 2.37. The molecule has 5 N–H and O–H groups in total. The lowest BCUT2D eigenvalue weighted by atomic mass is 9.85. The maximum absolute atomic E-state index is 13.9. The molecule has 1 aromatic heterocycles. The van der Waals surface area contributed by atoms with E-state index in [0.717, 1.165) is 33.5 Å². The predicted octanol–water partition coefficient (Wildman–Crippen LogP) is 4.83. The number of alkyl carbamates (subject to hydrolysis) is 2. The molecule has 0 radical (unpaired) electrons. The van der Waals surface area contributed by atoms with Crippen molar-refractivity contribution in [1.29, 1.82) is 0 Å². The summed E-state index contributed by atoms with van der Waals surface area (Å²) in [6.07, 6.45) is -0.759. The zero-order valence-corrected chi connectivity index (χ0v) is 32.6. The van der Waals surface area contributed by atoms with E-state index >= 15 is 0 Å². The average molecular weight is 733 g/mol. The van der Waals surface area contributed by atoms with Gasteiger partial charge in [-0.05, 0) is 65.5 Å².